The van der Waals surface area contributed by atoms with Crippen LogP contribution in [0.4, 0.5) is 0 Å². The highest BCUT2D eigenvalue weighted by Gasteiger charge is 2.44. The second-order valence-corrected chi connectivity index (χ2v) is 20.4. The summed E-state index contributed by atoms with van der Waals surface area (Å²) in [5.74, 6) is -0.193. The van der Waals surface area contributed by atoms with Gasteiger partial charge in [-0.05, 0) is 70.6 Å². The number of aliphatic hydroxyl groups excluding tert-OH is 5. The minimum atomic E-state index is -1.58. The Morgan fingerprint density at radius 1 is 0.486 bits per heavy atom. The number of ether oxygens (including phenoxy) is 2. The van der Waals surface area contributed by atoms with Crippen LogP contribution in [0.25, 0.3) is 0 Å². The predicted octanol–water partition coefficient (Wildman–Crippen LogP) is 14.7. The zero-order chi connectivity index (χ0) is 50.8. The van der Waals surface area contributed by atoms with Crippen molar-refractivity contribution in [2.75, 3.05) is 13.2 Å². The van der Waals surface area contributed by atoms with Gasteiger partial charge in [-0.3, -0.25) is 4.79 Å². The summed E-state index contributed by atoms with van der Waals surface area (Å²) in [6.07, 6.45) is 61.4. The van der Waals surface area contributed by atoms with Crippen LogP contribution in [0.3, 0.4) is 0 Å². The van der Waals surface area contributed by atoms with E-state index in [0.29, 0.717) is 6.42 Å². The van der Waals surface area contributed by atoms with Crippen LogP contribution in [0.15, 0.2) is 60.8 Å². The second-order valence-electron chi connectivity index (χ2n) is 20.4. The summed E-state index contributed by atoms with van der Waals surface area (Å²) in [6, 6.07) is -0.829. The standard InChI is InChI=1S/C61H111NO8/c1-3-5-7-9-11-13-15-17-19-21-23-25-27-29-30-32-34-36-38-40-42-44-46-48-50-55(64)54(53-69-61-60(68)59(67)58(66)56(52-63)70-61)62-57(65)51-49-47-45-43-41-39-37-35-33-31-28-26-24-22-20-18-16-14-12-10-8-6-4-2/h16,18,22,24,28,31,40,42,48,50,54-56,58-61,63-64,66-68H,3-15,17,19-21,23,25-27,29-30,32-39,41,43-47,49,51-53H2,1-2H3,(H,62,65)/b18-16-,24-22-,31-28-,42-40+,50-48+. The largest absolute Gasteiger partial charge is 0.394 e. The number of carbonyl (C=O) groups is 1. The van der Waals surface area contributed by atoms with E-state index in [-0.39, 0.29) is 12.5 Å². The molecule has 70 heavy (non-hydrogen) atoms. The summed E-state index contributed by atoms with van der Waals surface area (Å²) in [6.45, 7) is 3.77. The van der Waals surface area contributed by atoms with E-state index in [2.05, 4.69) is 67.8 Å². The molecule has 408 valence electrons. The highest BCUT2D eigenvalue weighted by molar-refractivity contribution is 5.76. The summed E-state index contributed by atoms with van der Waals surface area (Å²) < 4.78 is 11.3. The van der Waals surface area contributed by atoms with Crippen LogP contribution in [0.2, 0.25) is 0 Å². The first-order valence-corrected chi connectivity index (χ1v) is 29.5. The lowest BCUT2D eigenvalue weighted by Gasteiger charge is -2.40. The SMILES string of the molecule is CCCCCCC/C=C\C/C=C\C/C=C\CCCCCCCCCCC(=O)NC(COC1OC(CO)C(O)C(O)C1O)C(O)/C=C/CC/C=C/CCCCCCCCCCCCCCCCCCCC. The summed E-state index contributed by atoms with van der Waals surface area (Å²) in [5.41, 5.74) is 0. The van der Waals surface area contributed by atoms with Crippen LogP contribution in [0, 0.1) is 0 Å². The monoisotopic (exact) mass is 986 g/mol. The van der Waals surface area contributed by atoms with Crippen molar-refractivity contribution in [3.63, 3.8) is 0 Å². The van der Waals surface area contributed by atoms with Crippen molar-refractivity contribution in [1.29, 1.82) is 0 Å². The van der Waals surface area contributed by atoms with Crippen molar-refractivity contribution < 1.29 is 39.8 Å². The molecule has 9 nitrogen and oxygen atoms in total. The van der Waals surface area contributed by atoms with Crippen LogP contribution in [0.5, 0.6) is 0 Å². The highest BCUT2D eigenvalue weighted by Crippen LogP contribution is 2.23. The van der Waals surface area contributed by atoms with Crippen molar-refractivity contribution in [3.05, 3.63) is 60.8 Å². The second kappa shape index (κ2) is 50.4. The van der Waals surface area contributed by atoms with Crippen LogP contribution >= 0.6 is 0 Å². The van der Waals surface area contributed by atoms with Gasteiger partial charge in [-0.25, -0.2) is 0 Å². The van der Waals surface area contributed by atoms with Crippen LogP contribution in [-0.2, 0) is 14.3 Å². The van der Waals surface area contributed by atoms with Gasteiger partial charge in [-0.2, -0.15) is 0 Å². The molecule has 0 saturated carbocycles. The summed E-state index contributed by atoms with van der Waals surface area (Å²) in [7, 11) is 0. The molecule has 0 aromatic heterocycles. The quantitative estimate of drug-likeness (QED) is 0.0261. The first-order chi connectivity index (χ1) is 34.3. The minimum Gasteiger partial charge on any atom is -0.394 e. The minimum absolute atomic E-state index is 0.193. The Balaban J connectivity index is 2.26. The van der Waals surface area contributed by atoms with E-state index in [1.54, 1.807) is 6.08 Å². The van der Waals surface area contributed by atoms with E-state index < -0.39 is 49.5 Å². The predicted molar refractivity (Wildman–Crippen MR) is 295 cm³/mol. The first-order valence-electron chi connectivity index (χ1n) is 29.5. The third-order valence-corrected chi connectivity index (χ3v) is 13.8. The zero-order valence-electron chi connectivity index (χ0n) is 45.3. The molecule has 1 heterocycles. The topological polar surface area (TPSA) is 149 Å². The molecule has 0 spiro atoms. The Bertz CT molecular complexity index is 1280. The number of unbranched alkanes of at least 4 members (excludes halogenated alkanes) is 32. The third-order valence-electron chi connectivity index (χ3n) is 13.8. The number of allylic oxidation sites excluding steroid dienone is 9. The van der Waals surface area contributed by atoms with Gasteiger partial charge in [0.1, 0.15) is 24.4 Å². The number of hydrogen-bond acceptors (Lipinski definition) is 8. The Kier molecular flexibility index (Phi) is 47.5. The van der Waals surface area contributed by atoms with Gasteiger partial charge < -0.3 is 40.3 Å². The van der Waals surface area contributed by atoms with Gasteiger partial charge in [0.2, 0.25) is 5.91 Å². The fourth-order valence-corrected chi connectivity index (χ4v) is 9.12. The Morgan fingerprint density at radius 2 is 0.857 bits per heavy atom. The Hall–Kier alpha value is -2.11. The molecule has 0 aromatic carbocycles. The van der Waals surface area contributed by atoms with E-state index in [1.165, 1.54) is 180 Å². The fraction of sp³-hybridized carbons (Fsp3) is 0.820. The van der Waals surface area contributed by atoms with E-state index >= 15 is 0 Å². The zero-order valence-corrected chi connectivity index (χ0v) is 45.3. The molecule has 6 N–H and O–H groups in total. The molecular weight excluding hydrogens is 875 g/mol. The van der Waals surface area contributed by atoms with Gasteiger partial charge in [0.05, 0.1) is 25.4 Å². The van der Waals surface area contributed by atoms with E-state index in [1.807, 2.05) is 6.08 Å². The van der Waals surface area contributed by atoms with Crippen molar-refractivity contribution in [3.8, 4) is 0 Å². The van der Waals surface area contributed by atoms with E-state index in [0.717, 1.165) is 64.2 Å². The molecule has 7 atom stereocenters. The van der Waals surface area contributed by atoms with Crippen molar-refractivity contribution in [2.24, 2.45) is 0 Å². The molecular formula is C61H111NO8. The van der Waals surface area contributed by atoms with Gasteiger partial charge in [-0.1, -0.05) is 248 Å². The highest BCUT2D eigenvalue weighted by atomic mass is 16.7. The smallest absolute Gasteiger partial charge is 0.220 e. The molecule has 1 amide bonds. The van der Waals surface area contributed by atoms with Gasteiger partial charge in [-0.15, -0.1) is 0 Å². The molecule has 0 aromatic rings. The number of nitrogens with one attached hydrogen (secondary N) is 1. The van der Waals surface area contributed by atoms with Crippen molar-refractivity contribution in [1.82, 2.24) is 5.32 Å². The van der Waals surface area contributed by atoms with Crippen LogP contribution in [0.1, 0.15) is 264 Å². The Morgan fingerprint density at radius 3 is 1.30 bits per heavy atom. The molecule has 9 heteroatoms. The lowest BCUT2D eigenvalue weighted by Crippen LogP contribution is -2.60. The van der Waals surface area contributed by atoms with E-state index in [9.17, 15) is 30.3 Å². The van der Waals surface area contributed by atoms with Crippen LogP contribution < -0.4 is 5.32 Å². The van der Waals surface area contributed by atoms with Crippen LogP contribution in [-0.4, -0.2) is 87.5 Å². The number of amides is 1. The number of rotatable bonds is 50. The third kappa shape index (κ3) is 39.4. The number of hydrogen-bond donors (Lipinski definition) is 6. The van der Waals surface area contributed by atoms with Gasteiger partial charge in [0.15, 0.2) is 6.29 Å². The lowest BCUT2D eigenvalue weighted by molar-refractivity contribution is -0.302. The molecule has 1 fully saturated rings. The number of aliphatic hydroxyl groups is 5. The van der Waals surface area contributed by atoms with Gasteiger partial charge in [0, 0.05) is 6.42 Å². The average Bonchev–Trinajstić information content (AvgIpc) is 3.36. The summed E-state index contributed by atoms with van der Waals surface area (Å²) >= 11 is 0. The maximum Gasteiger partial charge on any atom is 0.220 e. The van der Waals surface area contributed by atoms with E-state index in [4.69, 9.17) is 9.47 Å². The van der Waals surface area contributed by atoms with Crippen molar-refractivity contribution in [2.45, 2.75) is 307 Å². The molecule has 7 unspecified atom stereocenters. The molecule has 1 saturated heterocycles. The normalized spacial score (nSPS) is 19.8. The maximum atomic E-state index is 13.1. The molecule has 0 aliphatic carbocycles. The molecule has 0 bridgehead atoms. The summed E-state index contributed by atoms with van der Waals surface area (Å²) in [5, 5.41) is 54.5. The fourth-order valence-electron chi connectivity index (χ4n) is 9.12. The lowest BCUT2D eigenvalue weighted by atomic mass is 9.99. The molecule has 1 aliphatic heterocycles. The molecule has 1 rings (SSSR count). The molecule has 0 radical (unpaired) electrons. The van der Waals surface area contributed by atoms with Gasteiger partial charge >= 0.3 is 0 Å². The van der Waals surface area contributed by atoms with Gasteiger partial charge in [0.25, 0.3) is 0 Å². The molecule has 1 aliphatic rings. The summed E-state index contributed by atoms with van der Waals surface area (Å²) in [4.78, 5) is 13.1. The number of carbonyl (C=O) groups excluding carboxylic acids is 1. The maximum absolute atomic E-state index is 13.1. The van der Waals surface area contributed by atoms with Crippen molar-refractivity contribution >= 4 is 5.91 Å². The average molecular weight is 987 g/mol. The Labute approximate surface area is 430 Å². The first kappa shape index (κ1) is 65.9.